The molecule has 0 amide bonds. The van der Waals surface area contributed by atoms with Gasteiger partial charge in [-0.3, -0.25) is 0 Å². The molecule has 0 saturated carbocycles. The second kappa shape index (κ2) is 5.77. The molecule has 1 aromatic carbocycles. The van der Waals surface area contributed by atoms with Gasteiger partial charge in [0, 0.05) is 12.6 Å². The average molecular weight is 280 g/mol. The highest BCUT2D eigenvalue weighted by Crippen LogP contribution is 2.38. The number of hydrogen-bond acceptors (Lipinski definition) is 2. The van der Waals surface area contributed by atoms with E-state index in [0.29, 0.717) is 0 Å². The third kappa shape index (κ3) is 3.96. The van der Waals surface area contributed by atoms with Gasteiger partial charge in [-0.15, -0.1) is 0 Å². The molecule has 2 N–H and O–H groups in total. The standard InChI is InChI=1S/C11H9ClF3NO2/c12-8-4-1-3-7(11(13,14)15)10(8)16-6-2-5-9(17)18/h1-5,16H,6H2,(H,17,18)/b5-2+. The van der Waals surface area contributed by atoms with Gasteiger partial charge < -0.3 is 10.4 Å². The summed E-state index contributed by atoms with van der Waals surface area (Å²) in [6.07, 6.45) is -2.51. The Morgan fingerprint density at radius 2 is 2.11 bits per heavy atom. The largest absolute Gasteiger partial charge is 0.478 e. The maximum Gasteiger partial charge on any atom is 0.418 e. The molecule has 0 unspecified atom stereocenters. The Morgan fingerprint density at radius 1 is 1.44 bits per heavy atom. The van der Waals surface area contributed by atoms with Crippen LogP contribution in [0.25, 0.3) is 0 Å². The first-order valence-corrected chi connectivity index (χ1v) is 5.19. The Balaban J connectivity index is 2.90. The molecule has 0 aromatic heterocycles. The third-order valence-corrected chi connectivity index (χ3v) is 2.29. The van der Waals surface area contributed by atoms with Crippen LogP contribution in [-0.2, 0) is 11.0 Å². The van der Waals surface area contributed by atoms with E-state index in [1.54, 1.807) is 0 Å². The number of carbonyl (C=O) groups is 1. The number of halogens is 4. The fourth-order valence-corrected chi connectivity index (χ4v) is 1.50. The fraction of sp³-hybridized carbons (Fsp3) is 0.182. The molecule has 0 radical (unpaired) electrons. The average Bonchev–Trinajstić information content (AvgIpc) is 2.24. The number of rotatable bonds is 4. The summed E-state index contributed by atoms with van der Waals surface area (Å²) < 4.78 is 38.0. The third-order valence-electron chi connectivity index (χ3n) is 1.98. The SMILES string of the molecule is O=C(O)/C=C/CNc1c(Cl)cccc1C(F)(F)F. The van der Waals surface area contributed by atoms with Crippen LogP contribution in [0.3, 0.4) is 0 Å². The normalized spacial score (nSPS) is 11.8. The smallest absolute Gasteiger partial charge is 0.418 e. The summed E-state index contributed by atoms with van der Waals surface area (Å²) in [6, 6.07) is 3.42. The van der Waals surface area contributed by atoms with Crippen LogP contribution in [0.1, 0.15) is 5.56 Å². The Morgan fingerprint density at radius 3 is 2.67 bits per heavy atom. The van der Waals surface area contributed by atoms with Crippen LogP contribution in [0.4, 0.5) is 18.9 Å². The van der Waals surface area contributed by atoms with Crippen molar-refractivity contribution in [1.82, 2.24) is 0 Å². The number of hydrogen-bond donors (Lipinski definition) is 2. The monoisotopic (exact) mass is 279 g/mol. The van der Waals surface area contributed by atoms with Crippen LogP contribution >= 0.6 is 11.6 Å². The van der Waals surface area contributed by atoms with Gasteiger partial charge in [0.05, 0.1) is 16.3 Å². The van der Waals surface area contributed by atoms with E-state index in [1.807, 2.05) is 0 Å². The predicted octanol–water partition coefficient (Wildman–Crippen LogP) is 3.41. The van der Waals surface area contributed by atoms with Crippen molar-refractivity contribution in [2.24, 2.45) is 0 Å². The van der Waals surface area contributed by atoms with Crippen LogP contribution in [0, 0.1) is 0 Å². The molecule has 1 rings (SSSR count). The number of anilines is 1. The van der Waals surface area contributed by atoms with E-state index in [-0.39, 0.29) is 17.3 Å². The van der Waals surface area contributed by atoms with E-state index in [1.165, 1.54) is 18.2 Å². The molecule has 1 aromatic rings. The number of carboxylic acid groups (broad SMARTS) is 1. The Hall–Kier alpha value is -1.69. The van der Waals surface area contributed by atoms with Crippen LogP contribution in [0.5, 0.6) is 0 Å². The first-order chi connectivity index (χ1) is 8.32. The Bertz CT molecular complexity index is 472. The molecular weight excluding hydrogens is 271 g/mol. The molecule has 0 bridgehead atoms. The van der Waals surface area contributed by atoms with Gasteiger partial charge >= 0.3 is 12.1 Å². The molecule has 0 aliphatic carbocycles. The second-order valence-electron chi connectivity index (χ2n) is 3.28. The summed E-state index contributed by atoms with van der Waals surface area (Å²) >= 11 is 5.67. The second-order valence-corrected chi connectivity index (χ2v) is 3.69. The Labute approximate surface area is 106 Å². The summed E-state index contributed by atoms with van der Waals surface area (Å²) in [5.41, 5.74) is -1.15. The molecule has 98 valence electrons. The molecule has 0 fully saturated rings. The van der Waals surface area contributed by atoms with E-state index in [9.17, 15) is 18.0 Å². The lowest BCUT2D eigenvalue weighted by Gasteiger charge is -2.14. The number of carboxylic acids is 1. The minimum atomic E-state index is -4.52. The molecule has 18 heavy (non-hydrogen) atoms. The molecule has 0 atom stereocenters. The number of benzene rings is 1. The molecule has 0 saturated heterocycles. The van der Waals surface area contributed by atoms with Crippen LogP contribution in [0.2, 0.25) is 5.02 Å². The van der Waals surface area contributed by atoms with Crippen molar-refractivity contribution in [3.05, 3.63) is 40.9 Å². The molecule has 0 spiro atoms. The van der Waals surface area contributed by atoms with E-state index in [0.717, 1.165) is 12.1 Å². The lowest BCUT2D eigenvalue weighted by Crippen LogP contribution is -2.11. The molecule has 0 heterocycles. The van der Waals surface area contributed by atoms with Gasteiger partial charge in [0.2, 0.25) is 0 Å². The topological polar surface area (TPSA) is 49.3 Å². The van der Waals surface area contributed by atoms with Gasteiger partial charge in [-0.2, -0.15) is 13.2 Å². The van der Waals surface area contributed by atoms with Crippen LogP contribution in [-0.4, -0.2) is 17.6 Å². The molecule has 0 aliphatic rings. The number of aliphatic carboxylic acids is 1. The maximum absolute atomic E-state index is 12.7. The predicted molar refractivity (Wildman–Crippen MR) is 61.7 cm³/mol. The zero-order valence-electron chi connectivity index (χ0n) is 8.96. The minimum absolute atomic E-state index is 0.0703. The quantitative estimate of drug-likeness (QED) is 0.831. The van der Waals surface area contributed by atoms with Crippen molar-refractivity contribution >= 4 is 23.3 Å². The first kappa shape index (κ1) is 14.4. The highest BCUT2D eigenvalue weighted by molar-refractivity contribution is 6.33. The van der Waals surface area contributed by atoms with Gasteiger partial charge in [-0.25, -0.2) is 4.79 Å². The molecule has 0 aliphatic heterocycles. The zero-order chi connectivity index (χ0) is 13.8. The number of nitrogens with one attached hydrogen (secondary N) is 1. The first-order valence-electron chi connectivity index (χ1n) is 4.81. The molecular formula is C11H9ClF3NO2. The van der Waals surface area contributed by atoms with E-state index in [4.69, 9.17) is 16.7 Å². The summed E-state index contributed by atoms with van der Waals surface area (Å²) in [7, 11) is 0. The lowest BCUT2D eigenvalue weighted by atomic mass is 10.1. The van der Waals surface area contributed by atoms with E-state index < -0.39 is 17.7 Å². The fourth-order valence-electron chi connectivity index (χ4n) is 1.26. The summed E-state index contributed by atoms with van der Waals surface area (Å²) in [6.45, 7) is -0.0703. The van der Waals surface area contributed by atoms with Crippen LogP contribution in [0.15, 0.2) is 30.4 Å². The van der Waals surface area contributed by atoms with Crippen molar-refractivity contribution in [3.8, 4) is 0 Å². The van der Waals surface area contributed by atoms with Crippen molar-refractivity contribution in [2.45, 2.75) is 6.18 Å². The van der Waals surface area contributed by atoms with Gasteiger partial charge in [-0.1, -0.05) is 23.7 Å². The molecule has 7 heteroatoms. The van der Waals surface area contributed by atoms with Crippen molar-refractivity contribution in [1.29, 1.82) is 0 Å². The lowest BCUT2D eigenvalue weighted by molar-refractivity contribution is -0.137. The van der Waals surface area contributed by atoms with Crippen molar-refractivity contribution in [2.75, 3.05) is 11.9 Å². The van der Waals surface area contributed by atoms with Gasteiger partial charge in [0.15, 0.2) is 0 Å². The number of para-hydroxylation sites is 1. The zero-order valence-corrected chi connectivity index (χ0v) is 9.72. The van der Waals surface area contributed by atoms with Gasteiger partial charge in [0.25, 0.3) is 0 Å². The summed E-state index contributed by atoms with van der Waals surface area (Å²) in [4.78, 5) is 10.2. The summed E-state index contributed by atoms with van der Waals surface area (Å²) in [5, 5.41) is 10.7. The number of alkyl halides is 3. The Kier molecular flexibility index (Phi) is 4.61. The van der Waals surface area contributed by atoms with Crippen LogP contribution < -0.4 is 5.32 Å². The van der Waals surface area contributed by atoms with Crippen molar-refractivity contribution in [3.63, 3.8) is 0 Å². The van der Waals surface area contributed by atoms with Gasteiger partial charge in [0.1, 0.15) is 0 Å². The molecule has 3 nitrogen and oxygen atoms in total. The maximum atomic E-state index is 12.7. The van der Waals surface area contributed by atoms with E-state index in [2.05, 4.69) is 5.32 Å². The minimum Gasteiger partial charge on any atom is -0.478 e. The summed E-state index contributed by atoms with van der Waals surface area (Å²) in [5.74, 6) is -1.17. The van der Waals surface area contributed by atoms with Crippen molar-refractivity contribution < 1.29 is 23.1 Å². The highest BCUT2D eigenvalue weighted by Gasteiger charge is 2.34. The van der Waals surface area contributed by atoms with E-state index >= 15 is 0 Å². The van der Waals surface area contributed by atoms with Gasteiger partial charge in [-0.05, 0) is 12.1 Å². The highest BCUT2D eigenvalue weighted by atomic mass is 35.5.